The van der Waals surface area contributed by atoms with Gasteiger partial charge in [0.25, 0.3) is 0 Å². The normalized spacial score (nSPS) is 14.8. The van der Waals surface area contributed by atoms with E-state index in [1.165, 1.54) is 24.6 Å². The first kappa shape index (κ1) is 17.5. The lowest BCUT2D eigenvalue weighted by atomic mass is 10.2. The second-order valence-corrected chi connectivity index (χ2v) is 6.84. The highest BCUT2D eigenvalue weighted by atomic mass is 32.2. The van der Waals surface area contributed by atoms with Crippen molar-refractivity contribution in [3.8, 4) is 17.2 Å². The van der Waals surface area contributed by atoms with Gasteiger partial charge < -0.3 is 14.8 Å². The molecule has 2 aromatic rings. The van der Waals surface area contributed by atoms with Crippen molar-refractivity contribution in [1.29, 1.82) is 0 Å². The Labute approximate surface area is 150 Å². The molecule has 1 aliphatic carbocycles. The summed E-state index contributed by atoms with van der Waals surface area (Å²) < 4.78 is 12.2. The van der Waals surface area contributed by atoms with E-state index in [1.807, 2.05) is 6.92 Å². The van der Waals surface area contributed by atoms with Gasteiger partial charge in [0.1, 0.15) is 17.2 Å². The summed E-state index contributed by atoms with van der Waals surface area (Å²) in [5.74, 6) is 2.14. The van der Waals surface area contributed by atoms with Gasteiger partial charge in [-0.15, -0.1) is 5.10 Å². The van der Waals surface area contributed by atoms with E-state index in [1.54, 1.807) is 37.1 Å². The molecule has 0 aliphatic heterocycles. The van der Waals surface area contributed by atoms with Gasteiger partial charge in [0, 0.05) is 12.1 Å². The summed E-state index contributed by atoms with van der Waals surface area (Å²) in [4.78, 5) is 12.1. The summed E-state index contributed by atoms with van der Waals surface area (Å²) in [6, 6.07) is 5.59. The van der Waals surface area contributed by atoms with Crippen molar-refractivity contribution >= 4 is 17.7 Å². The molecule has 0 bridgehead atoms. The van der Waals surface area contributed by atoms with Crippen molar-refractivity contribution in [2.45, 2.75) is 31.0 Å². The van der Waals surface area contributed by atoms with Crippen LogP contribution in [0.5, 0.6) is 11.5 Å². The van der Waals surface area contributed by atoms with Gasteiger partial charge in [0.05, 0.1) is 20.0 Å². The minimum atomic E-state index is -0.0171. The fraction of sp³-hybridized carbons (Fsp3) is 0.500. The van der Waals surface area contributed by atoms with Crippen LogP contribution in [-0.2, 0) is 4.79 Å². The van der Waals surface area contributed by atoms with Gasteiger partial charge in [-0.3, -0.25) is 4.79 Å². The third-order valence-corrected chi connectivity index (χ3v) is 5.02. The minimum absolute atomic E-state index is 0.0171. The molecule has 1 saturated carbocycles. The molecular weight excluding hydrogens is 342 g/mol. The molecule has 1 fully saturated rings. The monoisotopic (exact) mass is 363 g/mol. The number of ether oxygens (including phenoxy) is 2. The van der Waals surface area contributed by atoms with E-state index in [9.17, 15) is 4.79 Å². The lowest BCUT2D eigenvalue weighted by Gasteiger charge is -2.13. The molecule has 0 radical (unpaired) electrons. The summed E-state index contributed by atoms with van der Waals surface area (Å²) in [6.45, 7) is 2.05. The Bertz CT molecular complexity index is 747. The number of nitrogens with zero attached hydrogens (tertiary/aromatic N) is 4. The predicted octanol–water partition coefficient (Wildman–Crippen LogP) is 1.69. The molecule has 9 heteroatoms. The first-order valence-electron chi connectivity index (χ1n) is 8.05. The second-order valence-electron chi connectivity index (χ2n) is 5.89. The number of hydrogen-bond donors (Lipinski definition) is 1. The van der Waals surface area contributed by atoms with Crippen LogP contribution in [-0.4, -0.2) is 52.1 Å². The molecule has 1 N–H and O–H groups in total. The quantitative estimate of drug-likeness (QED) is 0.714. The summed E-state index contributed by atoms with van der Waals surface area (Å²) in [5.41, 5.74) is 0.654. The fourth-order valence-electron chi connectivity index (χ4n) is 2.52. The SMILES string of the molecule is COc1ccc(OC)c(-n2nnnc2SCC(=O)NC(C)C2CC2)c1. The van der Waals surface area contributed by atoms with E-state index < -0.39 is 0 Å². The third kappa shape index (κ3) is 4.22. The predicted molar refractivity (Wildman–Crippen MR) is 93.3 cm³/mol. The molecule has 0 saturated heterocycles. The molecule has 1 aliphatic rings. The largest absolute Gasteiger partial charge is 0.497 e. The molecule has 1 atom stereocenters. The fourth-order valence-corrected chi connectivity index (χ4v) is 3.22. The van der Waals surface area contributed by atoms with E-state index in [2.05, 4.69) is 20.8 Å². The standard InChI is InChI=1S/C16H21N5O3S/c1-10(11-4-5-11)17-15(22)9-25-16-18-19-20-21(16)13-8-12(23-2)6-7-14(13)24-3/h6-8,10-11H,4-5,9H2,1-3H3,(H,17,22). The van der Waals surface area contributed by atoms with E-state index in [0.717, 1.165) is 0 Å². The maximum absolute atomic E-state index is 12.1. The number of nitrogens with one attached hydrogen (secondary N) is 1. The highest BCUT2D eigenvalue weighted by molar-refractivity contribution is 7.99. The van der Waals surface area contributed by atoms with Crippen LogP contribution in [0.15, 0.2) is 23.4 Å². The van der Waals surface area contributed by atoms with Gasteiger partial charge in [-0.05, 0) is 48.2 Å². The van der Waals surface area contributed by atoms with Crippen molar-refractivity contribution in [1.82, 2.24) is 25.5 Å². The number of carbonyl (C=O) groups is 1. The van der Waals surface area contributed by atoms with E-state index in [4.69, 9.17) is 9.47 Å². The molecule has 1 aromatic carbocycles. The Balaban J connectivity index is 1.71. The molecular formula is C16H21N5O3S. The number of carbonyl (C=O) groups excluding carboxylic acids is 1. The molecule has 25 heavy (non-hydrogen) atoms. The molecule has 1 unspecified atom stereocenters. The van der Waals surface area contributed by atoms with Crippen molar-refractivity contribution < 1.29 is 14.3 Å². The zero-order chi connectivity index (χ0) is 17.8. The van der Waals surface area contributed by atoms with E-state index in [0.29, 0.717) is 28.3 Å². The maximum Gasteiger partial charge on any atom is 0.230 e. The van der Waals surface area contributed by atoms with Crippen molar-refractivity contribution in [2.75, 3.05) is 20.0 Å². The van der Waals surface area contributed by atoms with Gasteiger partial charge in [0.15, 0.2) is 0 Å². The number of thioether (sulfide) groups is 1. The van der Waals surface area contributed by atoms with Gasteiger partial charge in [-0.1, -0.05) is 11.8 Å². The number of aromatic nitrogens is 4. The second kappa shape index (κ2) is 7.73. The number of tetrazole rings is 1. The summed E-state index contributed by atoms with van der Waals surface area (Å²) in [7, 11) is 3.17. The van der Waals surface area contributed by atoms with Crippen LogP contribution in [0.3, 0.4) is 0 Å². The molecule has 1 aromatic heterocycles. The average Bonchev–Trinajstić information content (AvgIpc) is 3.38. The van der Waals surface area contributed by atoms with E-state index in [-0.39, 0.29) is 17.7 Å². The Morgan fingerprint density at radius 3 is 2.88 bits per heavy atom. The molecule has 8 nitrogen and oxygen atoms in total. The lowest BCUT2D eigenvalue weighted by molar-refractivity contribution is -0.119. The highest BCUT2D eigenvalue weighted by Gasteiger charge is 2.29. The van der Waals surface area contributed by atoms with Crippen LogP contribution >= 0.6 is 11.8 Å². The average molecular weight is 363 g/mol. The smallest absolute Gasteiger partial charge is 0.230 e. The van der Waals surface area contributed by atoms with Gasteiger partial charge in [-0.2, -0.15) is 4.68 Å². The molecule has 1 amide bonds. The Morgan fingerprint density at radius 2 is 2.20 bits per heavy atom. The maximum atomic E-state index is 12.1. The van der Waals surface area contributed by atoms with E-state index >= 15 is 0 Å². The number of hydrogen-bond acceptors (Lipinski definition) is 7. The van der Waals surface area contributed by atoms with Gasteiger partial charge in [-0.25, -0.2) is 0 Å². The third-order valence-electron chi connectivity index (χ3n) is 4.11. The van der Waals surface area contributed by atoms with Crippen molar-refractivity contribution in [2.24, 2.45) is 5.92 Å². The first-order valence-corrected chi connectivity index (χ1v) is 9.04. The highest BCUT2D eigenvalue weighted by Crippen LogP contribution is 2.32. The van der Waals surface area contributed by atoms with Gasteiger partial charge >= 0.3 is 0 Å². The van der Waals surface area contributed by atoms with Crippen LogP contribution in [0.2, 0.25) is 0 Å². The van der Waals surface area contributed by atoms with Crippen LogP contribution in [0.4, 0.5) is 0 Å². The molecule has 1 heterocycles. The number of methoxy groups -OCH3 is 2. The number of rotatable bonds is 8. The first-order chi connectivity index (χ1) is 12.1. The Hall–Kier alpha value is -2.29. The summed E-state index contributed by atoms with van der Waals surface area (Å²) in [5, 5.41) is 15.3. The molecule has 0 spiro atoms. The molecule has 134 valence electrons. The summed E-state index contributed by atoms with van der Waals surface area (Å²) >= 11 is 1.28. The van der Waals surface area contributed by atoms with Crippen LogP contribution in [0.25, 0.3) is 5.69 Å². The topological polar surface area (TPSA) is 91.2 Å². The Kier molecular flexibility index (Phi) is 5.42. The number of benzene rings is 1. The van der Waals surface area contributed by atoms with Crippen LogP contribution < -0.4 is 14.8 Å². The van der Waals surface area contributed by atoms with Gasteiger partial charge in [0.2, 0.25) is 11.1 Å². The zero-order valence-electron chi connectivity index (χ0n) is 14.4. The Morgan fingerprint density at radius 1 is 1.40 bits per heavy atom. The lowest BCUT2D eigenvalue weighted by Crippen LogP contribution is -2.35. The minimum Gasteiger partial charge on any atom is -0.497 e. The zero-order valence-corrected chi connectivity index (χ0v) is 15.2. The van der Waals surface area contributed by atoms with Crippen molar-refractivity contribution in [3.05, 3.63) is 18.2 Å². The summed E-state index contributed by atoms with van der Waals surface area (Å²) in [6.07, 6.45) is 2.39. The van der Waals surface area contributed by atoms with Crippen LogP contribution in [0.1, 0.15) is 19.8 Å². The van der Waals surface area contributed by atoms with Crippen LogP contribution in [0, 0.1) is 5.92 Å². The van der Waals surface area contributed by atoms with Crippen molar-refractivity contribution in [3.63, 3.8) is 0 Å². The molecule has 3 rings (SSSR count). The number of amides is 1.